The number of thioether (sulfide) groups is 1. The first-order valence-electron chi connectivity index (χ1n) is 10.00. The van der Waals surface area contributed by atoms with Crippen LogP contribution >= 0.6 is 11.8 Å². The summed E-state index contributed by atoms with van der Waals surface area (Å²) in [5.74, 6) is -0.203. The number of para-hydroxylation sites is 2. The number of benzene rings is 2. The molecule has 31 heavy (non-hydrogen) atoms. The molecule has 4 amide bonds. The van der Waals surface area contributed by atoms with Crippen LogP contribution in [0.2, 0.25) is 0 Å². The molecular formula is C22H23N5O3S. The number of nitrogens with one attached hydrogen (secondary N) is 3. The van der Waals surface area contributed by atoms with Gasteiger partial charge >= 0.3 is 6.03 Å². The average Bonchev–Trinajstić information content (AvgIpc) is 3.29. The van der Waals surface area contributed by atoms with Gasteiger partial charge in [0.15, 0.2) is 0 Å². The van der Waals surface area contributed by atoms with Crippen LogP contribution in [0.1, 0.15) is 23.7 Å². The summed E-state index contributed by atoms with van der Waals surface area (Å²) in [6.45, 7) is 2.95. The molecule has 160 valence electrons. The van der Waals surface area contributed by atoms with Crippen molar-refractivity contribution in [3.8, 4) is 0 Å². The van der Waals surface area contributed by atoms with Crippen LogP contribution in [-0.2, 0) is 11.3 Å². The highest BCUT2D eigenvalue weighted by atomic mass is 32.2. The lowest BCUT2D eigenvalue weighted by molar-refractivity contribution is -0.122. The predicted molar refractivity (Wildman–Crippen MR) is 119 cm³/mol. The standard InChI is InChI=1S/C22H23N5O3S/c1-22(20(29)25-21(30)26-22)13-31-18-10-5-2-7-15(18)19(28)23-11-6-12-27-14-24-16-8-3-4-9-17(16)27/h2-5,7-10,14H,6,11-13H2,1H3,(H,23,28)(H2,25,26,29,30)/t22-/m1/s1. The molecule has 0 unspecified atom stereocenters. The van der Waals surface area contributed by atoms with Gasteiger partial charge in [0, 0.05) is 23.7 Å². The Morgan fingerprint density at radius 1 is 1.16 bits per heavy atom. The van der Waals surface area contributed by atoms with Crippen LogP contribution in [0.25, 0.3) is 11.0 Å². The second-order valence-corrected chi connectivity index (χ2v) is 8.58. The summed E-state index contributed by atoms with van der Waals surface area (Å²) in [4.78, 5) is 41.3. The SMILES string of the molecule is C[C@]1(CSc2ccccc2C(=O)NCCCn2cnc3ccccc32)NC(=O)NC1=O. The Bertz CT molecular complexity index is 1140. The highest BCUT2D eigenvalue weighted by molar-refractivity contribution is 7.99. The van der Waals surface area contributed by atoms with E-state index in [1.54, 1.807) is 13.0 Å². The quantitative estimate of drug-likeness (QED) is 0.285. The molecule has 1 saturated heterocycles. The molecule has 2 heterocycles. The van der Waals surface area contributed by atoms with Crippen LogP contribution in [0.5, 0.6) is 0 Å². The van der Waals surface area contributed by atoms with Gasteiger partial charge in [0.05, 0.1) is 22.9 Å². The number of nitrogens with zero attached hydrogens (tertiary/aromatic N) is 2. The lowest BCUT2D eigenvalue weighted by Crippen LogP contribution is -2.46. The largest absolute Gasteiger partial charge is 0.352 e. The molecule has 0 aliphatic carbocycles. The van der Waals surface area contributed by atoms with E-state index in [4.69, 9.17) is 0 Å². The van der Waals surface area contributed by atoms with Gasteiger partial charge in [-0.15, -0.1) is 11.8 Å². The molecule has 1 aliphatic heterocycles. The number of imide groups is 1. The Morgan fingerprint density at radius 2 is 1.94 bits per heavy atom. The summed E-state index contributed by atoms with van der Waals surface area (Å²) in [5.41, 5.74) is 1.58. The molecule has 4 rings (SSSR count). The highest BCUT2D eigenvalue weighted by Crippen LogP contribution is 2.27. The first kappa shape index (κ1) is 20.9. The van der Waals surface area contributed by atoms with E-state index in [1.165, 1.54) is 11.8 Å². The van der Waals surface area contributed by atoms with Gasteiger partial charge in [-0.1, -0.05) is 24.3 Å². The number of rotatable bonds is 8. The third-order valence-electron chi connectivity index (χ3n) is 5.15. The van der Waals surface area contributed by atoms with Gasteiger partial charge in [-0.3, -0.25) is 14.9 Å². The number of aromatic nitrogens is 2. The number of aryl methyl sites for hydroxylation is 1. The van der Waals surface area contributed by atoms with Crippen LogP contribution < -0.4 is 16.0 Å². The molecule has 3 N–H and O–H groups in total. The maximum atomic E-state index is 12.7. The molecular weight excluding hydrogens is 414 g/mol. The third kappa shape index (κ3) is 4.56. The first-order valence-corrected chi connectivity index (χ1v) is 11.0. The summed E-state index contributed by atoms with van der Waals surface area (Å²) in [5, 5.41) is 7.86. The van der Waals surface area contributed by atoms with Gasteiger partial charge in [0.1, 0.15) is 5.54 Å². The second kappa shape index (κ2) is 8.81. The second-order valence-electron chi connectivity index (χ2n) is 7.56. The van der Waals surface area contributed by atoms with E-state index in [1.807, 2.05) is 48.8 Å². The molecule has 1 atom stereocenters. The molecule has 0 bridgehead atoms. The minimum Gasteiger partial charge on any atom is -0.352 e. The number of hydrogen-bond acceptors (Lipinski definition) is 5. The number of carbonyl (C=O) groups is 3. The molecule has 8 nitrogen and oxygen atoms in total. The van der Waals surface area contributed by atoms with Crippen molar-refractivity contribution >= 4 is 40.6 Å². The maximum absolute atomic E-state index is 12.7. The number of imidazole rings is 1. The van der Waals surface area contributed by atoms with Crippen molar-refractivity contribution in [3.63, 3.8) is 0 Å². The summed E-state index contributed by atoms with van der Waals surface area (Å²) < 4.78 is 2.08. The molecule has 2 aromatic carbocycles. The molecule has 3 aromatic rings. The molecule has 1 aliphatic rings. The zero-order valence-electron chi connectivity index (χ0n) is 17.1. The van der Waals surface area contributed by atoms with Gasteiger partial charge in [0.25, 0.3) is 11.8 Å². The zero-order valence-corrected chi connectivity index (χ0v) is 17.9. The van der Waals surface area contributed by atoms with E-state index in [-0.39, 0.29) is 11.8 Å². The van der Waals surface area contributed by atoms with E-state index in [9.17, 15) is 14.4 Å². The smallest absolute Gasteiger partial charge is 0.322 e. The fraction of sp³-hybridized carbons (Fsp3) is 0.273. The minimum atomic E-state index is -1.00. The van der Waals surface area contributed by atoms with E-state index in [0.717, 1.165) is 28.9 Å². The van der Waals surface area contributed by atoms with Crippen molar-refractivity contribution in [2.24, 2.45) is 0 Å². The average molecular weight is 438 g/mol. The lowest BCUT2D eigenvalue weighted by Gasteiger charge is -2.20. The summed E-state index contributed by atoms with van der Waals surface area (Å²) in [6, 6.07) is 14.7. The Hall–Kier alpha value is -3.33. The van der Waals surface area contributed by atoms with Gasteiger partial charge < -0.3 is 15.2 Å². The van der Waals surface area contributed by atoms with Crippen LogP contribution in [0, 0.1) is 0 Å². The van der Waals surface area contributed by atoms with Gasteiger partial charge in [-0.05, 0) is 37.6 Å². The third-order valence-corrected chi connectivity index (χ3v) is 6.54. The minimum absolute atomic E-state index is 0.163. The lowest BCUT2D eigenvalue weighted by atomic mass is 10.1. The molecule has 1 aromatic heterocycles. The number of urea groups is 1. The molecule has 1 fully saturated rings. The fourth-order valence-electron chi connectivity index (χ4n) is 3.42. The van der Waals surface area contributed by atoms with E-state index in [2.05, 4.69) is 25.5 Å². The van der Waals surface area contributed by atoms with Crippen LogP contribution in [0.4, 0.5) is 4.79 Å². The topological polar surface area (TPSA) is 105 Å². The molecule has 0 spiro atoms. The number of amides is 4. The van der Waals surface area contributed by atoms with Crippen LogP contribution in [-0.4, -0.2) is 45.2 Å². The van der Waals surface area contributed by atoms with Crippen molar-refractivity contribution < 1.29 is 14.4 Å². The monoisotopic (exact) mass is 437 g/mol. The molecule has 0 radical (unpaired) electrons. The zero-order chi connectivity index (χ0) is 21.8. The van der Waals surface area contributed by atoms with E-state index < -0.39 is 11.6 Å². The normalized spacial score (nSPS) is 18.1. The number of hydrogen-bond donors (Lipinski definition) is 3. The van der Waals surface area contributed by atoms with Gasteiger partial charge in [0.2, 0.25) is 0 Å². The predicted octanol–water partition coefficient (Wildman–Crippen LogP) is 2.55. The van der Waals surface area contributed by atoms with Crippen molar-refractivity contribution in [3.05, 3.63) is 60.4 Å². The Kier molecular flexibility index (Phi) is 5.94. The van der Waals surface area contributed by atoms with Crippen LogP contribution in [0.3, 0.4) is 0 Å². The molecule has 9 heteroatoms. The highest BCUT2D eigenvalue weighted by Gasteiger charge is 2.41. The Balaban J connectivity index is 1.32. The van der Waals surface area contributed by atoms with Crippen molar-refractivity contribution in [1.82, 2.24) is 25.5 Å². The van der Waals surface area contributed by atoms with Gasteiger partial charge in [-0.25, -0.2) is 9.78 Å². The Morgan fingerprint density at radius 3 is 2.74 bits per heavy atom. The van der Waals surface area contributed by atoms with E-state index in [0.29, 0.717) is 17.9 Å². The Labute approximate surface area is 183 Å². The summed E-state index contributed by atoms with van der Waals surface area (Å²) >= 11 is 1.37. The van der Waals surface area contributed by atoms with Crippen LogP contribution in [0.15, 0.2) is 59.8 Å². The molecule has 0 saturated carbocycles. The number of fused-ring (bicyclic) bond motifs is 1. The van der Waals surface area contributed by atoms with Crippen molar-refractivity contribution in [2.75, 3.05) is 12.3 Å². The fourth-order valence-corrected chi connectivity index (χ4v) is 4.56. The summed E-state index contributed by atoms with van der Waals surface area (Å²) in [6.07, 6.45) is 2.59. The van der Waals surface area contributed by atoms with Crippen molar-refractivity contribution in [2.45, 2.75) is 30.3 Å². The summed E-state index contributed by atoms with van der Waals surface area (Å²) in [7, 11) is 0. The van der Waals surface area contributed by atoms with Crippen molar-refractivity contribution in [1.29, 1.82) is 0 Å². The van der Waals surface area contributed by atoms with E-state index >= 15 is 0 Å². The maximum Gasteiger partial charge on any atom is 0.322 e. The van der Waals surface area contributed by atoms with Gasteiger partial charge in [-0.2, -0.15) is 0 Å². The number of carbonyl (C=O) groups excluding carboxylic acids is 3. The first-order chi connectivity index (χ1) is 15.0.